The van der Waals surface area contributed by atoms with Crippen molar-refractivity contribution in [1.29, 1.82) is 5.41 Å². The second-order valence-corrected chi connectivity index (χ2v) is 5.12. The molecule has 0 radical (unpaired) electrons. The molecule has 0 aromatic heterocycles. The lowest BCUT2D eigenvalue weighted by atomic mass is 10.0. The predicted molar refractivity (Wildman–Crippen MR) is 102 cm³/mol. The van der Waals surface area contributed by atoms with Crippen LogP contribution >= 0.6 is 11.6 Å². The van der Waals surface area contributed by atoms with Gasteiger partial charge in [-0.2, -0.15) is 0 Å². The van der Waals surface area contributed by atoms with Crippen LogP contribution in [-0.2, 0) is 12.8 Å². The average Bonchev–Trinajstić information content (AvgIpc) is 2.51. The van der Waals surface area contributed by atoms with Crippen LogP contribution in [0.4, 0.5) is 0 Å². The molecular weight excluding hydrogens is 292 g/mol. The van der Waals surface area contributed by atoms with E-state index < -0.39 is 0 Å². The number of nitrogens with one attached hydrogen (secondary N) is 1. The van der Waals surface area contributed by atoms with Crippen molar-refractivity contribution in [2.75, 3.05) is 6.54 Å². The van der Waals surface area contributed by atoms with Crippen LogP contribution in [0.2, 0.25) is 5.02 Å². The lowest BCUT2D eigenvalue weighted by Crippen LogP contribution is -2.03. The molecule has 2 nitrogen and oxygen atoms in total. The third kappa shape index (κ3) is 10.6. The van der Waals surface area contributed by atoms with Crippen LogP contribution in [0.15, 0.2) is 29.8 Å². The highest BCUT2D eigenvalue weighted by molar-refractivity contribution is 6.31. The van der Waals surface area contributed by atoms with Gasteiger partial charge in [-0.3, -0.25) is 0 Å². The van der Waals surface area contributed by atoms with Crippen LogP contribution in [0.1, 0.15) is 59.1 Å². The molecule has 1 aromatic carbocycles. The Balaban J connectivity index is 0. The maximum atomic E-state index is 7.83. The number of benzene rings is 1. The number of nitrogens with two attached hydrogens (primary N) is 1. The Bertz CT molecular complexity index is 447. The molecular formula is C19H33ClN2. The van der Waals surface area contributed by atoms with Crippen molar-refractivity contribution in [3.8, 4) is 0 Å². The van der Waals surface area contributed by atoms with Crippen LogP contribution in [0, 0.1) is 5.41 Å². The first-order valence-electron chi connectivity index (χ1n) is 8.22. The molecule has 126 valence electrons. The Labute approximate surface area is 142 Å². The normalized spacial score (nSPS) is 8.91. The van der Waals surface area contributed by atoms with Crippen LogP contribution in [-0.4, -0.2) is 12.3 Å². The number of hydrogen-bond acceptors (Lipinski definition) is 2. The number of aryl methyl sites for hydroxylation is 1. The summed E-state index contributed by atoms with van der Waals surface area (Å²) in [6.07, 6.45) is 4.30. The molecule has 0 aliphatic carbocycles. The number of allylic oxidation sites excluding steroid dienone is 2. The summed E-state index contributed by atoms with van der Waals surface area (Å²) in [7, 11) is 0. The van der Waals surface area contributed by atoms with Crippen molar-refractivity contribution < 1.29 is 0 Å². The second kappa shape index (κ2) is 14.8. The second-order valence-electron chi connectivity index (χ2n) is 4.71. The molecule has 1 rings (SSSR count). The topological polar surface area (TPSA) is 49.9 Å². The first kappa shape index (κ1) is 23.2. The fourth-order valence-electron chi connectivity index (χ4n) is 1.83. The Kier molecular flexibility index (Phi) is 15.6. The summed E-state index contributed by atoms with van der Waals surface area (Å²) >= 11 is 6.17. The Morgan fingerprint density at radius 1 is 1.14 bits per heavy atom. The summed E-state index contributed by atoms with van der Waals surface area (Å²) < 4.78 is 0. The molecule has 0 bridgehead atoms. The van der Waals surface area contributed by atoms with Crippen LogP contribution in [0.3, 0.4) is 0 Å². The Morgan fingerprint density at radius 2 is 1.73 bits per heavy atom. The summed E-state index contributed by atoms with van der Waals surface area (Å²) in [5.41, 5.74) is 9.67. The number of hydrogen-bond donors (Lipinski definition) is 2. The number of halogens is 1. The van der Waals surface area contributed by atoms with Gasteiger partial charge in [-0.15, -0.1) is 0 Å². The van der Waals surface area contributed by atoms with E-state index >= 15 is 0 Å². The molecule has 0 saturated heterocycles. The Hall–Kier alpha value is -1.12. The van der Waals surface area contributed by atoms with Gasteiger partial charge in [-0.1, -0.05) is 57.0 Å². The summed E-state index contributed by atoms with van der Waals surface area (Å²) in [5.74, 6) is 0. The minimum atomic E-state index is 0.647. The monoisotopic (exact) mass is 324 g/mol. The molecule has 3 heteroatoms. The highest BCUT2D eigenvalue weighted by atomic mass is 35.5. The molecule has 0 aliphatic rings. The van der Waals surface area contributed by atoms with Gasteiger partial charge in [0.1, 0.15) is 0 Å². The van der Waals surface area contributed by atoms with Crippen molar-refractivity contribution in [3.63, 3.8) is 0 Å². The van der Waals surface area contributed by atoms with Crippen LogP contribution in [0.25, 0.3) is 0 Å². The SMILES string of the molecule is CC.CC.CC(C)=CC(=N)CCc1cc(CCN)ccc1Cl. The highest BCUT2D eigenvalue weighted by Gasteiger charge is 2.03. The van der Waals surface area contributed by atoms with Gasteiger partial charge in [0.15, 0.2) is 0 Å². The maximum Gasteiger partial charge on any atom is 0.0438 e. The molecule has 0 unspecified atom stereocenters. The summed E-state index contributed by atoms with van der Waals surface area (Å²) in [6, 6.07) is 6.04. The van der Waals surface area contributed by atoms with Gasteiger partial charge in [0.2, 0.25) is 0 Å². The summed E-state index contributed by atoms with van der Waals surface area (Å²) in [5, 5.41) is 8.61. The van der Waals surface area contributed by atoms with Gasteiger partial charge >= 0.3 is 0 Å². The van der Waals surface area contributed by atoms with Gasteiger partial charge in [0, 0.05) is 10.7 Å². The zero-order chi connectivity index (χ0) is 17.5. The Morgan fingerprint density at radius 3 is 2.23 bits per heavy atom. The maximum absolute atomic E-state index is 7.83. The van der Waals surface area contributed by atoms with E-state index in [-0.39, 0.29) is 0 Å². The molecule has 3 N–H and O–H groups in total. The van der Waals surface area contributed by atoms with Crippen LogP contribution < -0.4 is 5.73 Å². The third-order valence-electron chi connectivity index (χ3n) is 2.67. The van der Waals surface area contributed by atoms with E-state index in [1.165, 1.54) is 5.56 Å². The fourth-order valence-corrected chi connectivity index (χ4v) is 2.04. The lowest BCUT2D eigenvalue weighted by molar-refractivity contribution is 0.955. The van der Waals surface area contributed by atoms with E-state index in [1.807, 2.05) is 59.8 Å². The third-order valence-corrected chi connectivity index (χ3v) is 3.04. The quantitative estimate of drug-likeness (QED) is 0.637. The molecule has 0 saturated carbocycles. The first-order chi connectivity index (χ1) is 10.5. The molecule has 0 spiro atoms. The lowest BCUT2D eigenvalue weighted by Gasteiger charge is -2.07. The van der Waals surface area contributed by atoms with E-state index in [1.54, 1.807) is 0 Å². The van der Waals surface area contributed by atoms with Crippen molar-refractivity contribution >= 4 is 17.3 Å². The van der Waals surface area contributed by atoms with Crippen molar-refractivity contribution in [2.45, 2.75) is 60.8 Å². The van der Waals surface area contributed by atoms with Crippen LogP contribution in [0.5, 0.6) is 0 Å². The zero-order valence-electron chi connectivity index (χ0n) is 15.1. The van der Waals surface area contributed by atoms with Crippen molar-refractivity contribution in [1.82, 2.24) is 0 Å². The molecule has 0 aliphatic heterocycles. The number of rotatable bonds is 6. The molecule has 0 amide bonds. The van der Waals surface area contributed by atoms with E-state index in [9.17, 15) is 0 Å². The highest BCUT2D eigenvalue weighted by Crippen LogP contribution is 2.19. The molecule has 0 atom stereocenters. The summed E-state index contributed by atoms with van der Waals surface area (Å²) in [4.78, 5) is 0. The smallest absolute Gasteiger partial charge is 0.0438 e. The fraction of sp³-hybridized carbons (Fsp3) is 0.526. The zero-order valence-corrected chi connectivity index (χ0v) is 15.8. The van der Waals surface area contributed by atoms with Gasteiger partial charge in [-0.05, 0) is 62.9 Å². The van der Waals surface area contributed by atoms with E-state index in [4.69, 9.17) is 22.7 Å². The van der Waals surface area contributed by atoms with Gasteiger partial charge in [-0.25, -0.2) is 0 Å². The minimum Gasteiger partial charge on any atom is -0.330 e. The minimum absolute atomic E-state index is 0.647. The van der Waals surface area contributed by atoms with E-state index in [0.717, 1.165) is 35.4 Å². The van der Waals surface area contributed by atoms with Gasteiger partial charge < -0.3 is 11.1 Å². The average molecular weight is 325 g/mol. The molecule has 0 heterocycles. The molecule has 22 heavy (non-hydrogen) atoms. The van der Waals surface area contributed by atoms with Gasteiger partial charge in [0.25, 0.3) is 0 Å². The van der Waals surface area contributed by atoms with Crippen molar-refractivity contribution in [3.05, 3.63) is 46.0 Å². The summed E-state index contributed by atoms with van der Waals surface area (Å²) in [6.45, 7) is 12.7. The largest absolute Gasteiger partial charge is 0.330 e. The van der Waals surface area contributed by atoms with Gasteiger partial charge in [0.05, 0.1) is 0 Å². The van der Waals surface area contributed by atoms with E-state index in [0.29, 0.717) is 12.3 Å². The first-order valence-corrected chi connectivity index (χ1v) is 8.60. The van der Waals surface area contributed by atoms with E-state index in [2.05, 4.69) is 6.07 Å². The molecule has 1 aromatic rings. The predicted octanol–water partition coefficient (Wildman–Crippen LogP) is 5.81. The van der Waals surface area contributed by atoms with Crippen molar-refractivity contribution in [2.24, 2.45) is 5.73 Å². The standard InChI is InChI=1S/C15H21ClN2.2C2H6/c1-11(2)9-14(18)5-4-13-10-12(7-8-17)3-6-15(13)16;2*1-2/h3,6,9-10,18H,4-5,7-8,17H2,1-2H3;2*1-2H3. The molecule has 0 fully saturated rings.